The van der Waals surface area contributed by atoms with Crippen molar-refractivity contribution in [2.24, 2.45) is 5.92 Å². The van der Waals surface area contributed by atoms with Crippen LogP contribution in [-0.4, -0.2) is 24.1 Å². The molecular formula is C20H22ClFN2O2. The molecule has 3 rings (SSSR count). The first-order chi connectivity index (χ1) is 12.6. The lowest BCUT2D eigenvalue weighted by Crippen LogP contribution is -2.36. The molecule has 1 saturated heterocycles. The zero-order valence-corrected chi connectivity index (χ0v) is 15.2. The van der Waals surface area contributed by atoms with Gasteiger partial charge < -0.3 is 10.1 Å². The van der Waals surface area contributed by atoms with Crippen LogP contribution < -0.4 is 5.32 Å². The fourth-order valence-electron chi connectivity index (χ4n) is 3.28. The maximum atomic E-state index is 13.5. The van der Waals surface area contributed by atoms with Crippen molar-refractivity contribution in [2.75, 3.05) is 13.2 Å². The van der Waals surface area contributed by atoms with E-state index in [9.17, 15) is 9.18 Å². The lowest BCUT2D eigenvalue weighted by Gasteiger charge is -2.31. The van der Waals surface area contributed by atoms with Crippen LogP contribution in [0.1, 0.15) is 36.4 Å². The van der Waals surface area contributed by atoms with Crippen LogP contribution in [0.2, 0.25) is 5.02 Å². The van der Waals surface area contributed by atoms with Crippen molar-refractivity contribution >= 4 is 17.5 Å². The number of nitrogens with zero attached hydrogens (tertiary/aromatic N) is 1. The number of aryl methyl sites for hydroxylation is 1. The van der Waals surface area contributed by atoms with Gasteiger partial charge in [-0.15, -0.1) is 0 Å². The van der Waals surface area contributed by atoms with E-state index in [2.05, 4.69) is 10.3 Å². The lowest BCUT2D eigenvalue weighted by atomic mass is 9.87. The molecule has 1 aliphatic rings. The summed E-state index contributed by atoms with van der Waals surface area (Å²) >= 11 is 5.70. The monoisotopic (exact) mass is 376 g/mol. The Bertz CT molecular complexity index is 736. The van der Waals surface area contributed by atoms with Gasteiger partial charge in [-0.05, 0) is 54.5 Å². The van der Waals surface area contributed by atoms with Crippen LogP contribution in [0.15, 0.2) is 42.7 Å². The first-order valence-electron chi connectivity index (χ1n) is 8.84. The van der Waals surface area contributed by atoms with Crippen molar-refractivity contribution in [3.05, 3.63) is 64.7 Å². The van der Waals surface area contributed by atoms with E-state index in [0.717, 1.165) is 24.0 Å². The van der Waals surface area contributed by atoms with Crippen LogP contribution >= 0.6 is 11.6 Å². The van der Waals surface area contributed by atoms with Crippen molar-refractivity contribution < 1.29 is 13.9 Å². The minimum absolute atomic E-state index is 0.0549. The third kappa shape index (κ3) is 5.02. The van der Waals surface area contributed by atoms with Gasteiger partial charge in [-0.25, -0.2) is 4.39 Å². The molecule has 0 spiro atoms. The standard InChI is InChI=1S/C20H22ClFN2O2/c21-17-5-3-14(12-18(17)22)4-6-19(25)24-20(15-7-10-26-11-8-15)16-2-1-9-23-13-16/h1-3,5,9,12-13,15,20H,4,6-8,10-11H2,(H,24,25)/t20-/m0/s1. The number of aromatic nitrogens is 1. The molecule has 4 nitrogen and oxygen atoms in total. The summed E-state index contributed by atoms with van der Waals surface area (Å²) in [6, 6.07) is 8.43. The molecule has 26 heavy (non-hydrogen) atoms. The summed E-state index contributed by atoms with van der Waals surface area (Å²) in [5.74, 6) is -0.189. The minimum Gasteiger partial charge on any atom is -0.381 e. The molecule has 0 bridgehead atoms. The van der Waals surface area contributed by atoms with Gasteiger partial charge in [0.15, 0.2) is 0 Å². The van der Waals surface area contributed by atoms with E-state index in [4.69, 9.17) is 16.3 Å². The van der Waals surface area contributed by atoms with Crippen molar-refractivity contribution in [1.82, 2.24) is 10.3 Å². The Morgan fingerprint density at radius 2 is 2.15 bits per heavy atom. The van der Waals surface area contributed by atoms with E-state index in [1.54, 1.807) is 18.5 Å². The molecule has 138 valence electrons. The third-order valence-electron chi connectivity index (χ3n) is 4.72. The molecule has 0 saturated carbocycles. The second kappa shape index (κ2) is 9.10. The zero-order chi connectivity index (χ0) is 18.4. The third-order valence-corrected chi connectivity index (χ3v) is 5.03. The summed E-state index contributed by atoms with van der Waals surface area (Å²) in [5.41, 5.74) is 1.76. The number of ether oxygens (including phenoxy) is 1. The summed E-state index contributed by atoms with van der Waals surface area (Å²) in [6.45, 7) is 1.42. The molecule has 1 atom stereocenters. The molecule has 0 aliphatic carbocycles. The van der Waals surface area contributed by atoms with Crippen LogP contribution in [0.3, 0.4) is 0 Å². The first-order valence-corrected chi connectivity index (χ1v) is 9.22. The van der Waals surface area contributed by atoms with Crippen LogP contribution in [0.4, 0.5) is 4.39 Å². The summed E-state index contributed by atoms with van der Waals surface area (Å²) in [4.78, 5) is 16.7. The van der Waals surface area contributed by atoms with Crippen LogP contribution in [0.25, 0.3) is 0 Å². The second-order valence-corrected chi connectivity index (χ2v) is 6.94. The first kappa shape index (κ1) is 18.8. The SMILES string of the molecule is O=C(CCc1ccc(Cl)c(F)c1)N[C@H](c1cccnc1)C1CCOCC1. The molecule has 6 heteroatoms. The molecular weight excluding hydrogens is 355 g/mol. The molecule has 0 unspecified atom stereocenters. The zero-order valence-electron chi connectivity index (χ0n) is 14.5. The maximum absolute atomic E-state index is 13.5. The van der Waals surface area contributed by atoms with E-state index in [1.807, 2.05) is 12.1 Å². The van der Waals surface area contributed by atoms with Crippen LogP contribution in [-0.2, 0) is 16.0 Å². The Hall–Kier alpha value is -1.98. The van der Waals surface area contributed by atoms with Crippen molar-refractivity contribution in [3.63, 3.8) is 0 Å². The maximum Gasteiger partial charge on any atom is 0.220 e. The Morgan fingerprint density at radius 3 is 2.85 bits per heavy atom. The van der Waals surface area contributed by atoms with Gasteiger partial charge in [0.1, 0.15) is 5.82 Å². The minimum atomic E-state index is -0.458. The number of hydrogen-bond donors (Lipinski definition) is 1. The Morgan fingerprint density at radius 1 is 1.35 bits per heavy atom. The molecule has 1 aliphatic heterocycles. The Balaban J connectivity index is 1.63. The van der Waals surface area contributed by atoms with Crippen molar-refractivity contribution in [1.29, 1.82) is 0 Å². The number of benzene rings is 1. The number of carbonyl (C=O) groups is 1. The summed E-state index contributed by atoms with van der Waals surface area (Å²) < 4.78 is 19.0. The average Bonchev–Trinajstić information content (AvgIpc) is 2.68. The number of halogens is 2. The Kier molecular flexibility index (Phi) is 6.58. The van der Waals surface area contributed by atoms with Crippen molar-refractivity contribution in [2.45, 2.75) is 31.7 Å². The van der Waals surface area contributed by atoms with Gasteiger partial charge in [-0.2, -0.15) is 0 Å². The van der Waals surface area contributed by atoms with E-state index in [-0.39, 0.29) is 17.0 Å². The number of pyridine rings is 1. The van der Waals surface area contributed by atoms with Gasteiger partial charge in [0, 0.05) is 32.0 Å². The predicted octanol–water partition coefficient (Wildman–Crippen LogP) is 4.09. The fraction of sp³-hybridized carbons (Fsp3) is 0.400. The number of hydrogen-bond acceptors (Lipinski definition) is 3. The van der Waals surface area contributed by atoms with Gasteiger partial charge in [0.05, 0.1) is 11.1 Å². The molecule has 1 amide bonds. The number of amides is 1. The highest BCUT2D eigenvalue weighted by Gasteiger charge is 2.27. The molecule has 0 radical (unpaired) electrons. The predicted molar refractivity (Wildman–Crippen MR) is 98.4 cm³/mol. The van der Waals surface area contributed by atoms with Crippen molar-refractivity contribution in [3.8, 4) is 0 Å². The van der Waals surface area contributed by atoms with E-state index >= 15 is 0 Å². The van der Waals surface area contributed by atoms with Gasteiger partial charge in [0.2, 0.25) is 5.91 Å². The molecule has 1 aromatic carbocycles. The number of rotatable bonds is 6. The molecule has 1 N–H and O–H groups in total. The molecule has 1 aromatic heterocycles. The van der Waals surface area contributed by atoms with E-state index in [0.29, 0.717) is 32.0 Å². The van der Waals surface area contributed by atoms with Crippen LogP contribution in [0.5, 0.6) is 0 Å². The lowest BCUT2D eigenvalue weighted by molar-refractivity contribution is -0.122. The summed E-state index contributed by atoms with van der Waals surface area (Å²) in [7, 11) is 0. The highest BCUT2D eigenvalue weighted by atomic mass is 35.5. The van der Waals surface area contributed by atoms with E-state index in [1.165, 1.54) is 12.1 Å². The number of carbonyl (C=O) groups excluding carboxylic acids is 1. The van der Waals surface area contributed by atoms with Gasteiger partial charge in [-0.3, -0.25) is 9.78 Å². The largest absolute Gasteiger partial charge is 0.381 e. The number of nitrogens with one attached hydrogen (secondary N) is 1. The fourth-order valence-corrected chi connectivity index (χ4v) is 3.40. The summed E-state index contributed by atoms with van der Waals surface area (Å²) in [6.07, 6.45) is 6.09. The van der Waals surface area contributed by atoms with Gasteiger partial charge in [0.25, 0.3) is 0 Å². The molecule has 2 aromatic rings. The average molecular weight is 377 g/mol. The normalized spacial score (nSPS) is 16.2. The smallest absolute Gasteiger partial charge is 0.220 e. The second-order valence-electron chi connectivity index (χ2n) is 6.53. The highest BCUT2D eigenvalue weighted by Crippen LogP contribution is 2.30. The highest BCUT2D eigenvalue weighted by molar-refractivity contribution is 6.30. The molecule has 1 fully saturated rings. The van der Waals surface area contributed by atoms with Gasteiger partial charge >= 0.3 is 0 Å². The molecule has 2 heterocycles. The quantitative estimate of drug-likeness (QED) is 0.826. The topological polar surface area (TPSA) is 51.2 Å². The van der Waals surface area contributed by atoms with Gasteiger partial charge in [-0.1, -0.05) is 23.7 Å². The summed E-state index contributed by atoms with van der Waals surface area (Å²) in [5, 5.41) is 3.24. The Labute approximate surface area is 157 Å². The van der Waals surface area contributed by atoms with E-state index < -0.39 is 5.82 Å². The van der Waals surface area contributed by atoms with Crippen LogP contribution in [0, 0.1) is 11.7 Å².